The molecule has 17 heavy (non-hydrogen) atoms. The van der Waals surface area contributed by atoms with E-state index in [4.69, 9.17) is 5.73 Å². The summed E-state index contributed by atoms with van der Waals surface area (Å²) in [5.41, 5.74) is 7.93. The minimum absolute atomic E-state index is 0.0798. The molecular formula is C14H20N2O. The summed E-state index contributed by atoms with van der Waals surface area (Å²) >= 11 is 0. The van der Waals surface area contributed by atoms with Gasteiger partial charge in [-0.3, -0.25) is 4.79 Å². The molecular weight excluding hydrogens is 212 g/mol. The van der Waals surface area contributed by atoms with Crippen LogP contribution in [0.25, 0.3) is 0 Å². The summed E-state index contributed by atoms with van der Waals surface area (Å²) in [6.07, 6.45) is 2.85. The molecule has 0 spiro atoms. The summed E-state index contributed by atoms with van der Waals surface area (Å²) in [4.78, 5) is 11.8. The minimum Gasteiger partial charge on any atom is -0.352 e. The molecule has 1 amide bonds. The number of carbonyl (C=O) groups is 1. The molecule has 0 saturated heterocycles. The molecule has 1 saturated carbocycles. The second kappa shape index (κ2) is 5.32. The fourth-order valence-corrected chi connectivity index (χ4v) is 2.02. The van der Waals surface area contributed by atoms with Crippen LogP contribution in [0.3, 0.4) is 0 Å². The van der Waals surface area contributed by atoms with Crippen LogP contribution in [0.15, 0.2) is 24.3 Å². The van der Waals surface area contributed by atoms with Gasteiger partial charge in [-0.2, -0.15) is 0 Å². The van der Waals surface area contributed by atoms with E-state index in [1.165, 1.54) is 18.4 Å². The van der Waals surface area contributed by atoms with Crippen molar-refractivity contribution in [2.24, 2.45) is 11.7 Å². The average Bonchev–Trinajstić information content (AvgIpc) is 3.13. The number of carbonyl (C=O) groups excluding carboxylic acids is 1. The van der Waals surface area contributed by atoms with Crippen LogP contribution in [0.1, 0.15) is 24.0 Å². The molecule has 3 nitrogen and oxygen atoms in total. The molecule has 0 heterocycles. The quantitative estimate of drug-likeness (QED) is 0.806. The Labute approximate surface area is 102 Å². The Balaban J connectivity index is 1.85. The van der Waals surface area contributed by atoms with Gasteiger partial charge in [0, 0.05) is 12.6 Å². The first kappa shape index (κ1) is 12.1. The van der Waals surface area contributed by atoms with E-state index in [0.717, 1.165) is 5.56 Å². The highest BCUT2D eigenvalue weighted by atomic mass is 16.1. The van der Waals surface area contributed by atoms with Crippen LogP contribution in [0.4, 0.5) is 0 Å². The van der Waals surface area contributed by atoms with Crippen LogP contribution >= 0.6 is 0 Å². The molecule has 3 N–H and O–H groups in total. The van der Waals surface area contributed by atoms with Crippen molar-refractivity contribution in [2.75, 3.05) is 6.54 Å². The molecule has 0 bridgehead atoms. The van der Waals surface area contributed by atoms with Crippen molar-refractivity contribution in [3.8, 4) is 0 Å². The first-order valence-corrected chi connectivity index (χ1v) is 6.24. The van der Waals surface area contributed by atoms with Gasteiger partial charge in [0.15, 0.2) is 0 Å². The Morgan fingerprint density at radius 2 is 2.06 bits per heavy atom. The van der Waals surface area contributed by atoms with Crippen molar-refractivity contribution in [2.45, 2.75) is 32.2 Å². The lowest BCUT2D eigenvalue weighted by Gasteiger charge is -2.15. The lowest BCUT2D eigenvalue weighted by molar-refractivity contribution is -0.121. The molecule has 1 unspecified atom stereocenters. The SMILES string of the molecule is Cc1ccc(CC(=O)NC(CN)C2CC2)cc1. The number of nitrogens with two attached hydrogens (primary N) is 1. The number of benzene rings is 1. The summed E-state index contributed by atoms with van der Waals surface area (Å²) in [5.74, 6) is 0.693. The zero-order valence-electron chi connectivity index (χ0n) is 10.3. The van der Waals surface area contributed by atoms with Crippen molar-refractivity contribution in [1.29, 1.82) is 0 Å². The van der Waals surface area contributed by atoms with Crippen molar-refractivity contribution in [1.82, 2.24) is 5.32 Å². The van der Waals surface area contributed by atoms with Gasteiger partial charge in [0.25, 0.3) is 0 Å². The number of rotatable bonds is 5. The Bertz CT molecular complexity index is 382. The van der Waals surface area contributed by atoms with Crippen LogP contribution in [0, 0.1) is 12.8 Å². The molecule has 1 aliphatic rings. The highest BCUT2D eigenvalue weighted by Gasteiger charge is 2.31. The van der Waals surface area contributed by atoms with Crippen molar-refractivity contribution in [3.63, 3.8) is 0 Å². The Hall–Kier alpha value is -1.35. The van der Waals surface area contributed by atoms with E-state index < -0.39 is 0 Å². The number of amides is 1. The maximum absolute atomic E-state index is 11.8. The van der Waals surface area contributed by atoms with Crippen LogP contribution in [0.2, 0.25) is 0 Å². The van der Waals surface area contributed by atoms with Crippen molar-refractivity contribution in [3.05, 3.63) is 35.4 Å². The van der Waals surface area contributed by atoms with Gasteiger partial charge in [0.2, 0.25) is 5.91 Å². The highest BCUT2D eigenvalue weighted by Crippen LogP contribution is 2.32. The summed E-state index contributed by atoms with van der Waals surface area (Å²) in [5, 5.41) is 3.03. The Kier molecular flexibility index (Phi) is 3.79. The van der Waals surface area contributed by atoms with Crippen molar-refractivity contribution >= 4 is 5.91 Å². The van der Waals surface area contributed by atoms with Gasteiger partial charge in [-0.25, -0.2) is 0 Å². The molecule has 3 heteroatoms. The molecule has 0 radical (unpaired) electrons. The van der Waals surface area contributed by atoms with Gasteiger partial charge in [0.05, 0.1) is 6.42 Å². The largest absolute Gasteiger partial charge is 0.352 e. The summed E-state index contributed by atoms with van der Waals surface area (Å²) in [6.45, 7) is 2.59. The number of hydrogen-bond donors (Lipinski definition) is 2. The van der Waals surface area contributed by atoms with E-state index in [9.17, 15) is 4.79 Å². The Morgan fingerprint density at radius 3 is 2.59 bits per heavy atom. The number of nitrogens with one attached hydrogen (secondary N) is 1. The van der Waals surface area contributed by atoms with Crippen molar-refractivity contribution < 1.29 is 4.79 Å². The molecule has 2 rings (SSSR count). The lowest BCUT2D eigenvalue weighted by Crippen LogP contribution is -2.42. The minimum atomic E-state index is 0.0798. The maximum Gasteiger partial charge on any atom is 0.224 e. The predicted molar refractivity (Wildman–Crippen MR) is 68.6 cm³/mol. The molecule has 0 aliphatic heterocycles. The summed E-state index contributed by atoms with van der Waals surface area (Å²) in [7, 11) is 0. The monoisotopic (exact) mass is 232 g/mol. The normalized spacial score (nSPS) is 16.6. The van der Waals surface area contributed by atoms with Gasteiger partial charge in [-0.05, 0) is 31.2 Å². The third-order valence-corrected chi connectivity index (χ3v) is 3.28. The van der Waals surface area contributed by atoms with Gasteiger partial charge in [-0.1, -0.05) is 29.8 Å². The first-order valence-electron chi connectivity index (χ1n) is 6.24. The molecule has 1 fully saturated rings. The summed E-state index contributed by atoms with van der Waals surface area (Å²) in [6, 6.07) is 8.24. The molecule has 1 aromatic rings. The van der Waals surface area contributed by atoms with E-state index in [2.05, 4.69) is 5.32 Å². The smallest absolute Gasteiger partial charge is 0.224 e. The number of aryl methyl sites for hydroxylation is 1. The first-order chi connectivity index (χ1) is 8.19. The third kappa shape index (κ3) is 3.56. The second-order valence-electron chi connectivity index (χ2n) is 4.91. The van der Waals surface area contributed by atoms with Crippen LogP contribution in [-0.4, -0.2) is 18.5 Å². The third-order valence-electron chi connectivity index (χ3n) is 3.28. The predicted octanol–water partition coefficient (Wildman–Crippen LogP) is 1.39. The molecule has 1 atom stereocenters. The molecule has 1 aromatic carbocycles. The van der Waals surface area contributed by atoms with E-state index in [0.29, 0.717) is 18.9 Å². The van der Waals surface area contributed by atoms with Gasteiger partial charge >= 0.3 is 0 Å². The molecule has 1 aliphatic carbocycles. The fourth-order valence-electron chi connectivity index (χ4n) is 2.02. The van der Waals surface area contributed by atoms with E-state index in [1.807, 2.05) is 31.2 Å². The standard InChI is InChI=1S/C14H20N2O/c1-10-2-4-11(5-3-10)8-14(17)16-13(9-15)12-6-7-12/h2-5,12-13H,6-9,15H2,1H3,(H,16,17). The zero-order chi connectivity index (χ0) is 12.3. The van der Waals surface area contributed by atoms with Gasteiger partial charge in [0.1, 0.15) is 0 Å². The second-order valence-corrected chi connectivity index (χ2v) is 4.91. The zero-order valence-corrected chi connectivity index (χ0v) is 10.3. The van der Waals surface area contributed by atoms with Crippen LogP contribution in [0.5, 0.6) is 0 Å². The van der Waals surface area contributed by atoms with Gasteiger partial charge < -0.3 is 11.1 Å². The topological polar surface area (TPSA) is 55.1 Å². The lowest BCUT2D eigenvalue weighted by atomic mass is 10.1. The van der Waals surface area contributed by atoms with E-state index >= 15 is 0 Å². The van der Waals surface area contributed by atoms with Gasteiger partial charge in [-0.15, -0.1) is 0 Å². The Morgan fingerprint density at radius 1 is 1.41 bits per heavy atom. The highest BCUT2D eigenvalue weighted by molar-refractivity contribution is 5.78. The number of hydrogen-bond acceptors (Lipinski definition) is 2. The fraction of sp³-hybridized carbons (Fsp3) is 0.500. The molecule has 0 aromatic heterocycles. The average molecular weight is 232 g/mol. The van der Waals surface area contributed by atoms with E-state index in [-0.39, 0.29) is 11.9 Å². The van der Waals surface area contributed by atoms with Crippen LogP contribution in [-0.2, 0) is 11.2 Å². The van der Waals surface area contributed by atoms with E-state index in [1.54, 1.807) is 0 Å². The maximum atomic E-state index is 11.8. The van der Waals surface area contributed by atoms with Crippen LogP contribution < -0.4 is 11.1 Å². The summed E-state index contributed by atoms with van der Waals surface area (Å²) < 4.78 is 0. The molecule has 92 valence electrons.